The average Bonchev–Trinajstić information content (AvgIpc) is 2.93. The number of carbonyl (C=O) groups excluding carboxylic acids is 3. The Balaban J connectivity index is 1.69. The lowest BCUT2D eigenvalue weighted by molar-refractivity contribution is -0.122. The van der Waals surface area contributed by atoms with Gasteiger partial charge in [-0.15, -0.1) is 0 Å². The lowest BCUT2D eigenvalue weighted by atomic mass is 10.1. The highest BCUT2D eigenvalue weighted by Gasteiger charge is 2.34. The van der Waals surface area contributed by atoms with Gasteiger partial charge < -0.3 is 10.1 Å². The van der Waals surface area contributed by atoms with Crippen LogP contribution in [-0.2, 0) is 9.53 Å². The van der Waals surface area contributed by atoms with E-state index >= 15 is 0 Å². The minimum absolute atomic E-state index is 0.0831. The molecular weight excluding hydrogens is 432 g/mol. The van der Waals surface area contributed by atoms with Crippen LogP contribution in [0, 0.1) is 0 Å². The number of rotatable bonds is 5. The molecule has 0 radical (unpaired) electrons. The highest BCUT2D eigenvalue weighted by molar-refractivity contribution is 9.10. The summed E-state index contributed by atoms with van der Waals surface area (Å²) in [5.41, 5.74) is 1.93. The van der Waals surface area contributed by atoms with Gasteiger partial charge in [0.2, 0.25) is 0 Å². The van der Waals surface area contributed by atoms with E-state index < -0.39 is 5.97 Å². The van der Waals surface area contributed by atoms with E-state index in [1.54, 1.807) is 30.3 Å². The van der Waals surface area contributed by atoms with Gasteiger partial charge in [-0.25, -0.2) is 4.79 Å². The fourth-order valence-electron chi connectivity index (χ4n) is 2.39. The number of amides is 2. The molecule has 2 amide bonds. The molecular formula is C19H15BrN2O4S. The quantitative estimate of drug-likeness (QED) is 0.543. The van der Waals surface area contributed by atoms with Crippen molar-refractivity contribution in [3.8, 4) is 0 Å². The van der Waals surface area contributed by atoms with Crippen molar-refractivity contribution in [2.45, 2.75) is 0 Å². The van der Waals surface area contributed by atoms with Gasteiger partial charge in [0, 0.05) is 10.2 Å². The Hall–Kier alpha value is -2.58. The number of thioether (sulfide) groups is 1. The molecule has 6 nitrogen and oxygen atoms in total. The minimum Gasteiger partial charge on any atom is -0.465 e. The second-order valence-corrected chi connectivity index (χ2v) is 7.48. The molecule has 3 rings (SSSR count). The number of hydrogen-bond acceptors (Lipinski definition) is 6. The standard InChI is InChI=1S/C19H15BrN2O4S/c1-26-18(24)13-7-5-12(6-8-13)9-16-17(23)22(19(25)27-16)11-21-15-4-2-3-14(20)10-15/h2-10,21H,11H2,1H3/b16-9+. The summed E-state index contributed by atoms with van der Waals surface area (Å²) in [6.45, 7) is 0.0831. The maximum atomic E-state index is 12.5. The summed E-state index contributed by atoms with van der Waals surface area (Å²) in [4.78, 5) is 37.6. The number of nitrogens with one attached hydrogen (secondary N) is 1. The van der Waals surface area contributed by atoms with E-state index in [1.165, 1.54) is 7.11 Å². The third-order valence-electron chi connectivity index (χ3n) is 3.77. The van der Waals surface area contributed by atoms with Gasteiger partial charge >= 0.3 is 5.97 Å². The lowest BCUT2D eigenvalue weighted by Gasteiger charge is -2.14. The molecule has 27 heavy (non-hydrogen) atoms. The molecule has 2 aromatic carbocycles. The molecule has 8 heteroatoms. The molecule has 1 fully saturated rings. The predicted molar refractivity (Wildman–Crippen MR) is 108 cm³/mol. The normalized spacial score (nSPS) is 15.3. The molecule has 0 spiro atoms. The number of ether oxygens (including phenoxy) is 1. The summed E-state index contributed by atoms with van der Waals surface area (Å²) < 4.78 is 5.55. The van der Waals surface area contributed by atoms with Crippen LogP contribution in [0.5, 0.6) is 0 Å². The van der Waals surface area contributed by atoms with Gasteiger partial charge in [-0.05, 0) is 53.7 Å². The molecule has 1 aliphatic rings. The summed E-state index contributed by atoms with van der Waals surface area (Å²) in [7, 11) is 1.31. The second-order valence-electron chi connectivity index (χ2n) is 5.57. The Morgan fingerprint density at radius 2 is 1.96 bits per heavy atom. The van der Waals surface area contributed by atoms with Gasteiger partial charge in [-0.1, -0.05) is 34.1 Å². The highest BCUT2D eigenvalue weighted by atomic mass is 79.9. The number of imide groups is 1. The number of esters is 1. The van der Waals surface area contributed by atoms with Crippen LogP contribution in [0.2, 0.25) is 0 Å². The smallest absolute Gasteiger partial charge is 0.337 e. The molecule has 1 saturated heterocycles. The SMILES string of the molecule is COC(=O)c1ccc(/C=C2/SC(=O)N(CNc3cccc(Br)c3)C2=O)cc1. The summed E-state index contributed by atoms with van der Waals surface area (Å²) in [6.07, 6.45) is 1.63. The molecule has 1 heterocycles. The van der Waals surface area contributed by atoms with Gasteiger partial charge in [0.05, 0.1) is 24.2 Å². The average molecular weight is 447 g/mol. The maximum Gasteiger partial charge on any atom is 0.337 e. The minimum atomic E-state index is -0.430. The molecule has 0 saturated carbocycles. The van der Waals surface area contributed by atoms with Gasteiger partial charge in [0.15, 0.2) is 0 Å². The first-order chi connectivity index (χ1) is 13.0. The number of methoxy groups -OCH3 is 1. The zero-order valence-corrected chi connectivity index (χ0v) is 16.7. The first-order valence-electron chi connectivity index (χ1n) is 7.91. The van der Waals surface area contributed by atoms with E-state index in [4.69, 9.17) is 0 Å². The van der Waals surface area contributed by atoms with E-state index in [-0.39, 0.29) is 17.8 Å². The molecule has 0 aliphatic carbocycles. The second kappa shape index (κ2) is 8.41. The van der Waals surface area contributed by atoms with Crippen LogP contribution < -0.4 is 5.32 Å². The summed E-state index contributed by atoms with van der Waals surface area (Å²) in [5, 5.41) is 2.73. The van der Waals surface area contributed by atoms with Crippen LogP contribution in [0.25, 0.3) is 6.08 Å². The molecule has 0 unspecified atom stereocenters. The Labute approximate surface area is 168 Å². The van der Waals surface area contributed by atoms with Crippen LogP contribution in [-0.4, -0.2) is 35.8 Å². The van der Waals surface area contributed by atoms with Crippen molar-refractivity contribution in [1.82, 2.24) is 4.90 Å². The molecule has 1 N–H and O–H groups in total. The van der Waals surface area contributed by atoms with Crippen molar-refractivity contribution in [2.75, 3.05) is 19.1 Å². The maximum absolute atomic E-state index is 12.5. The monoisotopic (exact) mass is 446 g/mol. The van der Waals surface area contributed by atoms with Crippen LogP contribution >= 0.6 is 27.7 Å². The van der Waals surface area contributed by atoms with E-state index in [1.807, 2.05) is 24.3 Å². The highest BCUT2D eigenvalue weighted by Crippen LogP contribution is 2.32. The van der Waals surface area contributed by atoms with Gasteiger partial charge in [-0.3, -0.25) is 14.5 Å². The fourth-order valence-corrected chi connectivity index (χ4v) is 3.63. The van der Waals surface area contributed by atoms with Crippen LogP contribution in [0.4, 0.5) is 10.5 Å². The Bertz CT molecular complexity index is 928. The molecule has 0 aromatic heterocycles. The number of benzene rings is 2. The lowest BCUT2D eigenvalue weighted by Crippen LogP contribution is -2.33. The number of hydrogen-bond donors (Lipinski definition) is 1. The summed E-state index contributed by atoms with van der Waals surface area (Å²) in [5.74, 6) is -0.787. The van der Waals surface area contributed by atoms with Gasteiger partial charge in [0.25, 0.3) is 11.1 Å². The molecule has 0 atom stereocenters. The van der Waals surface area contributed by atoms with Crippen molar-refractivity contribution in [3.05, 3.63) is 69.0 Å². The van der Waals surface area contributed by atoms with E-state index in [9.17, 15) is 14.4 Å². The van der Waals surface area contributed by atoms with E-state index in [0.29, 0.717) is 16.0 Å². The number of nitrogens with zero attached hydrogens (tertiary/aromatic N) is 1. The molecule has 2 aromatic rings. The number of halogens is 1. The fraction of sp³-hybridized carbons (Fsp3) is 0.105. The first-order valence-corrected chi connectivity index (χ1v) is 9.52. The van der Waals surface area contributed by atoms with Crippen molar-refractivity contribution in [3.63, 3.8) is 0 Å². The van der Waals surface area contributed by atoms with Crippen molar-refractivity contribution in [2.24, 2.45) is 0 Å². The summed E-state index contributed by atoms with van der Waals surface area (Å²) in [6, 6.07) is 14.1. The van der Waals surface area contributed by atoms with Crippen LogP contribution in [0.1, 0.15) is 15.9 Å². The van der Waals surface area contributed by atoms with Gasteiger partial charge in [0.1, 0.15) is 0 Å². The third-order valence-corrected chi connectivity index (χ3v) is 5.17. The number of carbonyl (C=O) groups is 3. The molecule has 0 bridgehead atoms. The molecule has 138 valence electrons. The van der Waals surface area contributed by atoms with Crippen LogP contribution in [0.3, 0.4) is 0 Å². The van der Waals surface area contributed by atoms with Crippen molar-refractivity contribution >= 4 is 56.6 Å². The van der Waals surface area contributed by atoms with E-state index in [2.05, 4.69) is 26.0 Å². The third kappa shape index (κ3) is 4.58. The Morgan fingerprint density at radius 3 is 2.63 bits per heavy atom. The number of anilines is 1. The zero-order chi connectivity index (χ0) is 19.4. The largest absolute Gasteiger partial charge is 0.465 e. The Kier molecular flexibility index (Phi) is 5.98. The van der Waals surface area contributed by atoms with E-state index in [0.717, 1.165) is 26.8 Å². The van der Waals surface area contributed by atoms with Crippen LogP contribution in [0.15, 0.2) is 57.9 Å². The van der Waals surface area contributed by atoms with Crippen molar-refractivity contribution < 1.29 is 19.1 Å². The summed E-state index contributed by atoms with van der Waals surface area (Å²) >= 11 is 4.26. The predicted octanol–water partition coefficient (Wildman–Crippen LogP) is 4.34. The first kappa shape index (κ1) is 19.2. The van der Waals surface area contributed by atoms with Crippen molar-refractivity contribution in [1.29, 1.82) is 0 Å². The Morgan fingerprint density at radius 1 is 1.22 bits per heavy atom. The zero-order valence-electron chi connectivity index (χ0n) is 14.3. The topological polar surface area (TPSA) is 75.7 Å². The molecule has 1 aliphatic heterocycles. The van der Waals surface area contributed by atoms with Gasteiger partial charge in [-0.2, -0.15) is 0 Å².